The summed E-state index contributed by atoms with van der Waals surface area (Å²) in [5, 5.41) is 26.4. The van der Waals surface area contributed by atoms with Crippen LogP contribution in [0, 0.1) is 0 Å². The van der Waals surface area contributed by atoms with Crippen molar-refractivity contribution in [3.8, 4) is 5.75 Å². The van der Waals surface area contributed by atoms with Crippen LogP contribution in [-0.2, 0) is 30.4 Å². The van der Waals surface area contributed by atoms with Crippen molar-refractivity contribution in [3.63, 3.8) is 0 Å². The van der Waals surface area contributed by atoms with Crippen LogP contribution >= 0.6 is 11.8 Å². The van der Waals surface area contributed by atoms with Gasteiger partial charge in [0.15, 0.2) is 0 Å². The number of amides is 4. The monoisotopic (exact) mass is 511 g/mol. The maximum atomic E-state index is 12.9. The molecule has 0 aromatic heterocycles. The molecule has 0 saturated carbocycles. The average Bonchev–Trinajstić information content (AvgIpc) is 2.79. The molecule has 9 N–H and O–H groups in total. The van der Waals surface area contributed by atoms with Gasteiger partial charge in [-0.25, -0.2) is 4.79 Å². The lowest BCUT2D eigenvalue weighted by molar-refractivity contribution is -0.142. The minimum Gasteiger partial charge on any atom is -0.508 e. The first kappa shape index (κ1) is 29.7. The zero-order valence-electron chi connectivity index (χ0n) is 19.7. The fourth-order valence-corrected chi connectivity index (χ4v) is 3.45. The molecule has 4 unspecified atom stereocenters. The lowest BCUT2D eigenvalue weighted by Crippen LogP contribution is -2.57. The lowest BCUT2D eigenvalue weighted by Gasteiger charge is -2.25. The van der Waals surface area contributed by atoms with Gasteiger partial charge in [0.05, 0.1) is 6.04 Å². The van der Waals surface area contributed by atoms with Crippen molar-refractivity contribution < 1.29 is 34.2 Å². The molecule has 35 heavy (non-hydrogen) atoms. The van der Waals surface area contributed by atoms with Crippen LogP contribution in [0.2, 0.25) is 0 Å². The molecule has 0 aliphatic rings. The SMILES string of the molecule is CSCCC(NC(=O)C(C)N)C(=O)NC(CCC(N)=O)C(=O)NC(Cc1ccc(O)cc1)C(=O)O. The van der Waals surface area contributed by atoms with Gasteiger partial charge in [0.1, 0.15) is 23.9 Å². The third kappa shape index (κ3) is 11.1. The Balaban J connectivity index is 3.01. The van der Waals surface area contributed by atoms with Gasteiger partial charge < -0.3 is 37.6 Å². The Hall–Kier alpha value is -3.32. The number of aliphatic carboxylic acids is 1. The number of phenolic OH excluding ortho intramolecular Hbond substituents is 1. The number of hydrogen-bond acceptors (Lipinski definition) is 8. The van der Waals surface area contributed by atoms with Crippen LogP contribution < -0.4 is 27.4 Å². The molecule has 0 heterocycles. The number of thioether (sulfide) groups is 1. The number of phenols is 1. The fourth-order valence-electron chi connectivity index (χ4n) is 2.98. The van der Waals surface area contributed by atoms with Gasteiger partial charge in [0.25, 0.3) is 0 Å². The Kier molecular flexibility index (Phi) is 12.6. The van der Waals surface area contributed by atoms with E-state index < -0.39 is 53.8 Å². The van der Waals surface area contributed by atoms with E-state index in [1.807, 2.05) is 6.26 Å². The number of nitrogens with one attached hydrogen (secondary N) is 3. The van der Waals surface area contributed by atoms with Gasteiger partial charge in [-0.2, -0.15) is 11.8 Å². The van der Waals surface area contributed by atoms with Gasteiger partial charge >= 0.3 is 5.97 Å². The predicted octanol–water partition coefficient (Wildman–Crippen LogP) is -1.16. The van der Waals surface area contributed by atoms with Gasteiger partial charge in [0, 0.05) is 12.8 Å². The van der Waals surface area contributed by atoms with Crippen molar-refractivity contribution in [2.24, 2.45) is 11.5 Å². The molecule has 13 heteroatoms. The Morgan fingerprint density at radius 3 is 1.91 bits per heavy atom. The highest BCUT2D eigenvalue weighted by Crippen LogP contribution is 2.12. The molecule has 194 valence electrons. The largest absolute Gasteiger partial charge is 0.508 e. The number of primary amides is 1. The number of hydrogen-bond donors (Lipinski definition) is 7. The number of rotatable bonds is 15. The van der Waals surface area contributed by atoms with Crippen LogP contribution in [-0.4, -0.2) is 76.0 Å². The molecule has 0 aliphatic heterocycles. The molecule has 0 saturated heterocycles. The summed E-state index contributed by atoms with van der Waals surface area (Å²) >= 11 is 1.45. The van der Waals surface area contributed by atoms with Crippen LogP contribution in [0.1, 0.15) is 31.7 Å². The molecule has 0 radical (unpaired) electrons. The smallest absolute Gasteiger partial charge is 0.326 e. The highest BCUT2D eigenvalue weighted by molar-refractivity contribution is 7.98. The van der Waals surface area contributed by atoms with E-state index in [1.54, 1.807) is 0 Å². The second-order valence-corrected chi connectivity index (χ2v) is 8.95. The molecule has 1 aromatic carbocycles. The third-order valence-electron chi connectivity index (χ3n) is 4.96. The third-order valence-corrected chi connectivity index (χ3v) is 5.60. The van der Waals surface area contributed by atoms with Crippen molar-refractivity contribution in [3.05, 3.63) is 29.8 Å². The van der Waals surface area contributed by atoms with Gasteiger partial charge in [-0.05, 0) is 49.5 Å². The first-order chi connectivity index (χ1) is 16.4. The minimum absolute atomic E-state index is 0.00559. The zero-order valence-corrected chi connectivity index (χ0v) is 20.5. The normalized spacial score (nSPS) is 14.1. The maximum Gasteiger partial charge on any atom is 0.326 e. The highest BCUT2D eigenvalue weighted by Gasteiger charge is 2.30. The van der Waals surface area contributed by atoms with Crippen molar-refractivity contribution >= 4 is 41.4 Å². The highest BCUT2D eigenvalue weighted by atomic mass is 32.2. The minimum atomic E-state index is -1.34. The van der Waals surface area contributed by atoms with E-state index in [9.17, 15) is 34.2 Å². The van der Waals surface area contributed by atoms with Crippen molar-refractivity contribution in [1.82, 2.24) is 16.0 Å². The van der Waals surface area contributed by atoms with Crippen LogP contribution in [0.15, 0.2) is 24.3 Å². The van der Waals surface area contributed by atoms with E-state index in [0.717, 1.165) is 0 Å². The number of carbonyl (C=O) groups excluding carboxylic acids is 4. The topological polar surface area (TPSA) is 214 Å². The van der Waals surface area contributed by atoms with Gasteiger partial charge in [-0.15, -0.1) is 0 Å². The van der Waals surface area contributed by atoms with Crippen LogP contribution in [0.25, 0.3) is 0 Å². The number of aromatic hydroxyl groups is 1. The summed E-state index contributed by atoms with van der Waals surface area (Å²) in [5.41, 5.74) is 11.3. The summed E-state index contributed by atoms with van der Waals surface area (Å²) in [6, 6.07) is 1.34. The standard InChI is InChI=1S/C22H33N5O7S/c1-12(23)19(30)25-16(9-10-35-2)21(32)26-15(7-8-18(24)29)20(31)27-17(22(33)34)11-13-3-5-14(28)6-4-13/h3-6,12,15-17,28H,7-11,23H2,1-2H3,(H2,24,29)(H,25,30)(H,26,32)(H,27,31)(H,33,34). The van der Waals surface area contributed by atoms with Gasteiger partial charge in [-0.1, -0.05) is 12.1 Å². The molecular weight excluding hydrogens is 478 g/mol. The van der Waals surface area contributed by atoms with Crippen molar-refractivity contribution in [1.29, 1.82) is 0 Å². The first-order valence-electron chi connectivity index (χ1n) is 10.9. The Morgan fingerprint density at radius 1 is 0.914 bits per heavy atom. The number of nitrogens with two attached hydrogens (primary N) is 2. The Bertz CT molecular complexity index is 895. The summed E-state index contributed by atoms with van der Waals surface area (Å²) in [5.74, 6) is -3.54. The molecule has 0 bridgehead atoms. The molecule has 0 fully saturated rings. The van der Waals surface area contributed by atoms with Crippen LogP contribution in [0.3, 0.4) is 0 Å². The second kappa shape index (κ2) is 14.8. The predicted molar refractivity (Wildman–Crippen MR) is 130 cm³/mol. The zero-order chi connectivity index (χ0) is 26.5. The lowest BCUT2D eigenvalue weighted by atomic mass is 10.0. The second-order valence-electron chi connectivity index (χ2n) is 7.97. The summed E-state index contributed by atoms with van der Waals surface area (Å²) in [6.45, 7) is 1.46. The summed E-state index contributed by atoms with van der Waals surface area (Å²) in [6.07, 6.45) is 1.59. The Labute approximate surface area is 207 Å². The summed E-state index contributed by atoms with van der Waals surface area (Å²) in [7, 11) is 0. The van der Waals surface area contributed by atoms with E-state index >= 15 is 0 Å². The van der Waals surface area contributed by atoms with Crippen molar-refractivity contribution in [2.75, 3.05) is 12.0 Å². The van der Waals surface area contributed by atoms with E-state index in [2.05, 4.69) is 16.0 Å². The van der Waals surface area contributed by atoms with E-state index in [0.29, 0.717) is 11.3 Å². The van der Waals surface area contributed by atoms with Crippen LogP contribution in [0.5, 0.6) is 5.75 Å². The van der Waals surface area contributed by atoms with E-state index in [-0.39, 0.29) is 31.4 Å². The molecule has 4 atom stereocenters. The Morgan fingerprint density at radius 2 is 1.43 bits per heavy atom. The molecule has 4 amide bonds. The maximum absolute atomic E-state index is 12.9. The van der Waals surface area contributed by atoms with Crippen LogP contribution in [0.4, 0.5) is 0 Å². The number of carboxylic acid groups (broad SMARTS) is 1. The number of carbonyl (C=O) groups is 5. The molecule has 12 nitrogen and oxygen atoms in total. The molecular formula is C22H33N5O7S. The average molecular weight is 512 g/mol. The summed E-state index contributed by atoms with van der Waals surface area (Å²) < 4.78 is 0. The quantitative estimate of drug-likeness (QED) is 0.151. The molecule has 1 aromatic rings. The first-order valence-corrected chi connectivity index (χ1v) is 12.3. The molecule has 0 spiro atoms. The number of benzene rings is 1. The summed E-state index contributed by atoms with van der Waals surface area (Å²) in [4.78, 5) is 60.9. The molecule has 0 aliphatic carbocycles. The van der Waals surface area contributed by atoms with Gasteiger partial charge in [-0.3, -0.25) is 19.2 Å². The van der Waals surface area contributed by atoms with Gasteiger partial charge in [0.2, 0.25) is 23.6 Å². The van der Waals surface area contributed by atoms with Crippen molar-refractivity contribution in [2.45, 2.75) is 56.8 Å². The van der Waals surface area contributed by atoms with E-state index in [4.69, 9.17) is 11.5 Å². The molecule has 1 rings (SSSR count). The number of carboxylic acids is 1. The van der Waals surface area contributed by atoms with E-state index in [1.165, 1.54) is 43.0 Å². The fraction of sp³-hybridized carbons (Fsp3) is 0.500.